The predicted molar refractivity (Wildman–Crippen MR) is 234 cm³/mol. The molecule has 356 valence electrons. The molecule has 6 heterocycles. The Balaban J connectivity index is 0.000000197. The average Bonchev–Trinajstić information content (AvgIpc) is 4.07. The molecule has 4 aromatic rings. The standard InChI is InChI=1S/C25H30F3N3O3.C24H27F3N2O3/c1-5-30(21-6-7-33-14-21)23-19(9-16(3)12-29-23)13-31-17(4)22(34-24(31)32)18-8-15(2)10-20(11-18)25(26,27)28;1-14-6-18(10-20(8-14)24(25,26)27)22-16(3)29(23(30)32-22)12-19-7-15(2)11-28-21(19)9-17-4-5-31-13-17/h8-12,17,21-22H,5-7,13-14H2,1-4H3;6-8,10-11,16-17,22H,4-5,9,12-13H2,1-3H3/t17-,21?,22-;16-,17?,22-/m00/s1. The lowest BCUT2D eigenvalue weighted by atomic mass is 9.96. The predicted octanol–water partition coefficient (Wildman–Crippen LogP) is 10.8. The molecule has 17 heteroatoms. The maximum Gasteiger partial charge on any atom is 0.416 e. The van der Waals surface area contributed by atoms with Crippen molar-refractivity contribution in [2.45, 2.75) is 124 Å². The maximum absolute atomic E-state index is 13.4. The molecular weight excluding hydrogens is 869 g/mol. The summed E-state index contributed by atoms with van der Waals surface area (Å²) in [4.78, 5) is 40.2. The third kappa shape index (κ3) is 11.0. The summed E-state index contributed by atoms with van der Waals surface area (Å²) in [6.07, 6.45) is -5.31. The normalized spacial score (nSPS) is 23.2. The number of alkyl halides is 6. The molecule has 0 bridgehead atoms. The zero-order chi connectivity index (χ0) is 47.7. The second-order valence-electron chi connectivity index (χ2n) is 18.0. The highest BCUT2D eigenvalue weighted by atomic mass is 19.4. The molecule has 11 nitrogen and oxygen atoms in total. The van der Waals surface area contributed by atoms with Gasteiger partial charge in [0.15, 0.2) is 0 Å². The molecule has 4 fully saturated rings. The van der Waals surface area contributed by atoms with Crippen LogP contribution in [0.25, 0.3) is 0 Å². The third-order valence-corrected chi connectivity index (χ3v) is 12.7. The Kier molecular flexibility index (Phi) is 14.6. The van der Waals surface area contributed by atoms with Gasteiger partial charge in [0.25, 0.3) is 0 Å². The number of benzene rings is 2. The Labute approximate surface area is 381 Å². The lowest BCUT2D eigenvalue weighted by molar-refractivity contribution is -0.138. The average molecular weight is 926 g/mol. The molecular formula is C49H57F6N5O6. The number of pyridine rings is 2. The summed E-state index contributed by atoms with van der Waals surface area (Å²) in [5.74, 6) is 1.19. The zero-order valence-corrected chi connectivity index (χ0v) is 38.3. The molecule has 4 aliphatic rings. The molecule has 2 aromatic heterocycles. The molecule has 2 unspecified atom stereocenters. The molecule has 0 radical (unpaired) electrons. The number of aromatic nitrogens is 2. The van der Waals surface area contributed by atoms with Crippen LogP contribution in [0.2, 0.25) is 0 Å². The van der Waals surface area contributed by atoms with Gasteiger partial charge in [-0.3, -0.25) is 14.8 Å². The molecule has 0 N–H and O–H groups in total. The largest absolute Gasteiger partial charge is 0.439 e. The summed E-state index contributed by atoms with van der Waals surface area (Å²) in [5.41, 5.74) is 4.83. The van der Waals surface area contributed by atoms with Gasteiger partial charge < -0.3 is 23.8 Å². The highest BCUT2D eigenvalue weighted by Crippen LogP contribution is 2.40. The van der Waals surface area contributed by atoms with Crippen molar-refractivity contribution in [1.82, 2.24) is 19.8 Å². The fourth-order valence-corrected chi connectivity index (χ4v) is 9.31. The second kappa shape index (κ2) is 19.8. The highest BCUT2D eigenvalue weighted by Gasteiger charge is 2.43. The van der Waals surface area contributed by atoms with Crippen LogP contribution < -0.4 is 4.90 Å². The number of nitrogens with zero attached hydrogens (tertiary/aromatic N) is 5. The molecule has 0 spiro atoms. The lowest BCUT2D eigenvalue weighted by Gasteiger charge is -2.31. The van der Waals surface area contributed by atoms with Crippen LogP contribution in [0.3, 0.4) is 0 Å². The highest BCUT2D eigenvalue weighted by molar-refractivity contribution is 5.72. The number of rotatable bonds is 11. The Morgan fingerprint density at radius 2 is 1.15 bits per heavy atom. The van der Waals surface area contributed by atoms with Crippen molar-refractivity contribution in [3.05, 3.63) is 122 Å². The van der Waals surface area contributed by atoms with Gasteiger partial charge in [-0.25, -0.2) is 14.6 Å². The SMILES string of the molecule is CCN(c1ncc(C)cc1CN1C(=O)O[C@H](c2cc(C)cc(C(F)(F)F)c2)[C@@H]1C)C1CCOC1.Cc1cc([C@H]2OC(=O)N(Cc3cc(C)cnc3CC3CCOC3)[C@H]2C)cc(C(F)(F)F)c1. The zero-order valence-electron chi connectivity index (χ0n) is 38.3. The summed E-state index contributed by atoms with van der Waals surface area (Å²) in [6.45, 7) is 16.8. The third-order valence-electron chi connectivity index (χ3n) is 12.7. The molecule has 2 amide bonds. The number of cyclic esters (lactones) is 2. The van der Waals surface area contributed by atoms with E-state index in [1.54, 1.807) is 55.8 Å². The van der Waals surface area contributed by atoms with Gasteiger partial charge in [0.05, 0.1) is 48.9 Å². The van der Waals surface area contributed by atoms with Gasteiger partial charge >= 0.3 is 24.5 Å². The van der Waals surface area contributed by atoms with E-state index >= 15 is 0 Å². The summed E-state index contributed by atoms with van der Waals surface area (Å²) in [5, 5.41) is 0. The monoisotopic (exact) mass is 925 g/mol. The molecule has 66 heavy (non-hydrogen) atoms. The molecule has 0 aliphatic carbocycles. The van der Waals surface area contributed by atoms with Crippen LogP contribution >= 0.6 is 0 Å². The summed E-state index contributed by atoms with van der Waals surface area (Å²) in [7, 11) is 0. The van der Waals surface area contributed by atoms with Crippen molar-refractivity contribution in [3.8, 4) is 0 Å². The van der Waals surface area contributed by atoms with Crippen molar-refractivity contribution in [3.63, 3.8) is 0 Å². The van der Waals surface area contributed by atoms with E-state index in [1.807, 2.05) is 32.2 Å². The number of ether oxygens (including phenoxy) is 4. The number of amides is 2. The van der Waals surface area contributed by atoms with Crippen molar-refractivity contribution in [2.75, 3.05) is 37.9 Å². The molecule has 2 aromatic carbocycles. The fraction of sp³-hybridized carbons (Fsp3) is 0.510. The maximum atomic E-state index is 13.4. The molecule has 8 rings (SSSR count). The summed E-state index contributed by atoms with van der Waals surface area (Å²) in [6, 6.07) is 11.0. The number of carbonyl (C=O) groups excluding carboxylic acids is 2. The van der Waals surface area contributed by atoms with Gasteiger partial charge in [-0.2, -0.15) is 26.3 Å². The van der Waals surface area contributed by atoms with Gasteiger partial charge in [0, 0.05) is 50.0 Å². The van der Waals surface area contributed by atoms with Gasteiger partial charge in [0.2, 0.25) is 0 Å². The number of anilines is 1. The smallest absolute Gasteiger partial charge is 0.416 e. The Morgan fingerprint density at radius 3 is 1.64 bits per heavy atom. The topological polar surface area (TPSA) is 107 Å². The first-order valence-electron chi connectivity index (χ1n) is 22.3. The number of hydrogen-bond acceptors (Lipinski definition) is 9. The lowest BCUT2D eigenvalue weighted by Crippen LogP contribution is -2.38. The van der Waals surface area contributed by atoms with Crippen LogP contribution in [-0.4, -0.2) is 83.1 Å². The minimum Gasteiger partial charge on any atom is -0.439 e. The molecule has 4 saturated heterocycles. The van der Waals surface area contributed by atoms with Crippen molar-refractivity contribution >= 4 is 18.0 Å². The van der Waals surface area contributed by atoms with E-state index < -0.39 is 60.0 Å². The number of likely N-dealkylation sites (N-methyl/N-ethyl adjacent to an activating group) is 1. The van der Waals surface area contributed by atoms with E-state index in [4.69, 9.17) is 18.9 Å². The molecule has 6 atom stereocenters. The fourth-order valence-electron chi connectivity index (χ4n) is 9.31. The molecule has 0 saturated carbocycles. The van der Waals surface area contributed by atoms with Gasteiger partial charge in [-0.1, -0.05) is 29.3 Å². The van der Waals surface area contributed by atoms with Crippen LogP contribution in [0, 0.1) is 33.6 Å². The van der Waals surface area contributed by atoms with Crippen LogP contribution in [0.4, 0.5) is 41.7 Å². The molecule has 4 aliphatic heterocycles. The van der Waals surface area contributed by atoms with Crippen LogP contribution in [0.15, 0.2) is 60.9 Å². The van der Waals surface area contributed by atoms with E-state index in [0.717, 1.165) is 90.4 Å². The Bertz CT molecular complexity index is 2380. The first-order valence-corrected chi connectivity index (χ1v) is 22.3. The minimum atomic E-state index is -4.47. The quantitative estimate of drug-likeness (QED) is 0.136. The summed E-state index contributed by atoms with van der Waals surface area (Å²) < 4.78 is 102. The Morgan fingerprint density at radius 1 is 0.652 bits per heavy atom. The van der Waals surface area contributed by atoms with E-state index in [1.165, 1.54) is 0 Å². The van der Waals surface area contributed by atoms with E-state index in [2.05, 4.69) is 21.8 Å². The van der Waals surface area contributed by atoms with Crippen LogP contribution in [0.1, 0.15) is 107 Å². The van der Waals surface area contributed by atoms with Crippen LogP contribution in [-0.2, 0) is 50.8 Å². The van der Waals surface area contributed by atoms with Crippen molar-refractivity contribution in [1.29, 1.82) is 0 Å². The van der Waals surface area contributed by atoms with E-state index in [9.17, 15) is 35.9 Å². The Hall–Kier alpha value is -5.42. The van der Waals surface area contributed by atoms with Crippen molar-refractivity contribution in [2.24, 2.45) is 5.92 Å². The number of carbonyl (C=O) groups is 2. The second-order valence-corrected chi connectivity index (χ2v) is 18.0. The van der Waals surface area contributed by atoms with Crippen LogP contribution in [0.5, 0.6) is 0 Å². The van der Waals surface area contributed by atoms with E-state index in [0.29, 0.717) is 54.5 Å². The van der Waals surface area contributed by atoms with Gasteiger partial charge in [0.1, 0.15) is 18.0 Å². The number of hydrogen-bond donors (Lipinski definition) is 0. The number of halogens is 6. The van der Waals surface area contributed by atoms with E-state index in [-0.39, 0.29) is 12.6 Å². The van der Waals surface area contributed by atoms with Crippen molar-refractivity contribution < 1.29 is 54.9 Å². The van der Waals surface area contributed by atoms with Gasteiger partial charge in [-0.15, -0.1) is 0 Å². The number of aryl methyl sites for hydroxylation is 4. The van der Waals surface area contributed by atoms with Gasteiger partial charge in [-0.05, 0) is 132 Å². The summed E-state index contributed by atoms with van der Waals surface area (Å²) >= 11 is 0. The first kappa shape index (κ1) is 48.5. The minimum absolute atomic E-state index is 0.211. The first-order chi connectivity index (χ1) is 31.2.